The maximum absolute atomic E-state index is 12.3. The van der Waals surface area contributed by atoms with Crippen LogP contribution in [0, 0.1) is 0 Å². The Balaban J connectivity index is 1.77. The molecule has 1 atom stereocenters. The molecule has 0 saturated carbocycles. The lowest BCUT2D eigenvalue weighted by Crippen LogP contribution is -2.26. The molecule has 0 fully saturated rings. The summed E-state index contributed by atoms with van der Waals surface area (Å²) >= 11 is 0. The quantitative estimate of drug-likeness (QED) is 0.903. The van der Waals surface area contributed by atoms with Gasteiger partial charge in [0.05, 0.1) is 25.3 Å². The van der Waals surface area contributed by atoms with E-state index in [4.69, 9.17) is 14.9 Å². The zero-order valence-corrected chi connectivity index (χ0v) is 11.9. The Bertz CT molecular complexity index is 663. The fourth-order valence-corrected chi connectivity index (χ4v) is 2.81. The van der Waals surface area contributed by atoms with Crippen LogP contribution in [-0.4, -0.2) is 13.0 Å². The fraction of sp³-hybridized carbons (Fsp3) is 0.312. The molecule has 1 aromatic heterocycles. The average Bonchev–Trinajstić information content (AvgIpc) is 3.14. The van der Waals surface area contributed by atoms with Crippen LogP contribution in [0.3, 0.4) is 0 Å². The van der Waals surface area contributed by atoms with E-state index in [9.17, 15) is 4.79 Å². The van der Waals surface area contributed by atoms with Crippen LogP contribution in [0.5, 0.6) is 5.75 Å². The molecule has 5 heteroatoms. The largest absolute Gasteiger partial charge is 0.496 e. The third-order valence-electron chi connectivity index (χ3n) is 3.87. The van der Waals surface area contributed by atoms with Gasteiger partial charge in [0.1, 0.15) is 17.8 Å². The number of methoxy groups -OCH3 is 1. The molecule has 3 rings (SSSR count). The first-order chi connectivity index (χ1) is 10.2. The van der Waals surface area contributed by atoms with Crippen molar-refractivity contribution in [3.8, 4) is 5.75 Å². The minimum atomic E-state index is -0.140. The van der Waals surface area contributed by atoms with E-state index >= 15 is 0 Å². The highest BCUT2D eigenvalue weighted by Crippen LogP contribution is 2.36. The molecular weight excluding hydrogens is 268 g/mol. The summed E-state index contributed by atoms with van der Waals surface area (Å²) in [5.74, 6) is 1.35. The van der Waals surface area contributed by atoms with Crippen LogP contribution in [0.4, 0.5) is 0 Å². The molecule has 1 heterocycles. The number of furan rings is 1. The first-order valence-corrected chi connectivity index (χ1v) is 6.97. The van der Waals surface area contributed by atoms with Crippen molar-refractivity contribution >= 4 is 5.91 Å². The second-order valence-electron chi connectivity index (χ2n) is 5.10. The van der Waals surface area contributed by atoms with Crippen LogP contribution in [-0.2, 0) is 13.0 Å². The molecule has 1 aliphatic rings. The molecule has 1 amide bonds. The zero-order valence-electron chi connectivity index (χ0n) is 11.9. The third-order valence-corrected chi connectivity index (χ3v) is 3.87. The molecule has 0 aliphatic heterocycles. The van der Waals surface area contributed by atoms with Crippen LogP contribution >= 0.6 is 0 Å². The van der Waals surface area contributed by atoms with E-state index in [0.29, 0.717) is 11.3 Å². The Labute approximate surface area is 123 Å². The molecule has 5 nitrogen and oxygen atoms in total. The van der Waals surface area contributed by atoms with E-state index in [1.807, 2.05) is 18.2 Å². The lowest BCUT2D eigenvalue weighted by atomic mass is 10.1. The van der Waals surface area contributed by atoms with Gasteiger partial charge in [0.2, 0.25) is 0 Å². The highest BCUT2D eigenvalue weighted by Gasteiger charge is 2.26. The number of amides is 1. The summed E-state index contributed by atoms with van der Waals surface area (Å²) in [4.78, 5) is 12.3. The monoisotopic (exact) mass is 286 g/mol. The summed E-state index contributed by atoms with van der Waals surface area (Å²) in [7, 11) is 1.67. The van der Waals surface area contributed by atoms with Gasteiger partial charge in [0.15, 0.2) is 0 Å². The molecule has 3 N–H and O–H groups in total. The standard InChI is InChI=1S/C16H18N2O3/c1-20-15-4-2-3-12-13(15)5-6-14(12)18-16(19)10-7-11(8-17)21-9-10/h2-4,7,9,14H,5-6,8,17H2,1H3,(H,18,19). The lowest BCUT2D eigenvalue weighted by Gasteiger charge is -2.14. The van der Waals surface area contributed by atoms with Gasteiger partial charge < -0.3 is 20.2 Å². The van der Waals surface area contributed by atoms with Crippen molar-refractivity contribution in [2.45, 2.75) is 25.4 Å². The predicted molar refractivity (Wildman–Crippen MR) is 78.1 cm³/mol. The number of rotatable bonds is 4. The Morgan fingerprint density at radius 2 is 2.38 bits per heavy atom. The first-order valence-electron chi connectivity index (χ1n) is 6.97. The number of hydrogen-bond acceptors (Lipinski definition) is 4. The molecule has 0 bridgehead atoms. The summed E-state index contributed by atoms with van der Waals surface area (Å²) in [6, 6.07) is 7.63. The smallest absolute Gasteiger partial charge is 0.255 e. The lowest BCUT2D eigenvalue weighted by molar-refractivity contribution is 0.0936. The van der Waals surface area contributed by atoms with Gasteiger partial charge in [-0.25, -0.2) is 0 Å². The number of carbonyl (C=O) groups is 1. The number of nitrogens with one attached hydrogen (secondary N) is 1. The van der Waals surface area contributed by atoms with Gasteiger partial charge >= 0.3 is 0 Å². The fourth-order valence-electron chi connectivity index (χ4n) is 2.81. The van der Waals surface area contributed by atoms with Crippen molar-refractivity contribution in [3.63, 3.8) is 0 Å². The minimum absolute atomic E-state index is 0.0128. The van der Waals surface area contributed by atoms with Crippen LogP contribution in [0.1, 0.15) is 39.7 Å². The van der Waals surface area contributed by atoms with Crippen LogP contribution in [0.2, 0.25) is 0 Å². The van der Waals surface area contributed by atoms with Gasteiger partial charge in [0, 0.05) is 0 Å². The van der Waals surface area contributed by atoms with Crippen molar-refractivity contribution in [1.82, 2.24) is 5.32 Å². The number of carbonyl (C=O) groups excluding carboxylic acids is 1. The maximum Gasteiger partial charge on any atom is 0.255 e. The summed E-state index contributed by atoms with van der Waals surface area (Å²) < 4.78 is 10.6. The summed E-state index contributed by atoms with van der Waals surface area (Å²) in [6.07, 6.45) is 3.23. The van der Waals surface area contributed by atoms with Gasteiger partial charge in [0.25, 0.3) is 5.91 Å². The van der Waals surface area contributed by atoms with Crippen molar-refractivity contribution < 1.29 is 13.9 Å². The predicted octanol–water partition coefficient (Wildman–Crippen LogP) is 2.16. The molecule has 1 aliphatic carbocycles. The highest BCUT2D eigenvalue weighted by molar-refractivity contribution is 5.94. The van der Waals surface area contributed by atoms with Gasteiger partial charge in [-0.1, -0.05) is 12.1 Å². The molecule has 110 valence electrons. The van der Waals surface area contributed by atoms with Crippen molar-refractivity contribution in [3.05, 3.63) is 53.0 Å². The Hall–Kier alpha value is -2.27. The summed E-state index contributed by atoms with van der Waals surface area (Å²) in [5, 5.41) is 3.04. The highest BCUT2D eigenvalue weighted by atomic mass is 16.5. The second-order valence-corrected chi connectivity index (χ2v) is 5.10. The SMILES string of the molecule is COc1cccc2c1CCC2NC(=O)c1coc(CN)c1. The van der Waals surface area contributed by atoms with Gasteiger partial charge in [-0.05, 0) is 36.1 Å². The number of nitrogens with two attached hydrogens (primary N) is 1. The maximum atomic E-state index is 12.3. The second kappa shape index (κ2) is 5.61. The zero-order chi connectivity index (χ0) is 14.8. The molecule has 21 heavy (non-hydrogen) atoms. The normalized spacial score (nSPS) is 16.6. The van der Waals surface area contributed by atoms with Crippen molar-refractivity contribution in [1.29, 1.82) is 0 Å². The van der Waals surface area contributed by atoms with Crippen LogP contribution in [0.25, 0.3) is 0 Å². The Morgan fingerprint density at radius 1 is 1.52 bits per heavy atom. The Kier molecular flexibility index (Phi) is 3.66. The van der Waals surface area contributed by atoms with E-state index < -0.39 is 0 Å². The summed E-state index contributed by atoms with van der Waals surface area (Å²) in [5.41, 5.74) is 8.30. The van der Waals surface area contributed by atoms with Gasteiger partial charge in [-0.2, -0.15) is 0 Å². The van der Waals surface area contributed by atoms with Crippen LogP contribution < -0.4 is 15.8 Å². The number of benzene rings is 1. The molecule has 0 radical (unpaired) electrons. The molecule has 1 unspecified atom stereocenters. The van der Waals surface area contributed by atoms with Crippen molar-refractivity contribution in [2.75, 3.05) is 7.11 Å². The molecule has 1 aromatic carbocycles. The van der Waals surface area contributed by atoms with Crippen LogP contribution in [0.15, 0.2) is 34.9 Å². The number of ether oxygens (including phenoxy) is 1. The van der Waals surface area contributed by atoms with Crippen molar-refractivity contribution in [2.24, 2.45) is 5.73 Å². The molecular formula is C16H18N2O3. The molecule has 0 spiro atoms. The topological polar surface area (TPSA) is 77.5 Å². The third kappa shape index (κ3) is 2.52. The van der Waals surface area contributed by atoms with E-state index in [2.05, 4.69) is 5.32 Å². The van der Waals surface area contributed by atoms with Gasteiger partial charge in [-0.3, -0.25) is 4.79 Å². The van der Waals surface area contributed by atoms with E-state index in [-0.39, 0.29) is 18.5 Å². The van der Waals surface area contributed by atoms with E-state index in [0.717, 1.165) is 24.2 Å². The van der Waals surface area contributed by atoms with Gasteiger partial charge in [-0.15, -0.1) is 0 Å². The molecule has 0 saturated heterocycles. The number of hydrogen-bond donors (Lipinski definition) is 2. The minimum Gasteiger partial charge on any atom is -0.496 e. The summed E-state index contributed by atoms with van der Waals surface area (Å²) in [6.45, 7) is 0.288. The first kappa shape index (κ1) is 13.7. The average molecular weight is 286 g/mol. The number of fused-ring (bicyclic) bond motifs is 1. The molecule has 2 aromatic rings. The van der Waals surface area contributed by atoms with E-state index in [1.165, 1.54) is 11.8 Å². The van der Waals surface area contributed by atoms with E-state index in [1.54, 1.807) is 13.2 Å². The Morgan fingerprint density at radius 3 is 3.10 bits per heavy atom.